The molecule has 9 nitrogen and oxygen atoms in total. The number of likely N-dealkylation sites (tertiary alicyclic amines) is 1. The molecule has 0 amide bonds. The maximum atomic E-state index is 10.9. The second-order valence-electron chi connectivity index (χ2n) is 8.87. The molecular formula is C20H33ClN4O5. The number of amidine groups is 1. The van der Waals surface area contributed by atoms with Crippen molar-refractivity contribution in [1.29, 1.82) is 0 Å². The van der Waals surface area contributed by atoms with Crippen molar-refractivity contribution in [3.63, 3.8) is 0 Å². The minimum atomic E-state index is -1.03. The highest BCUT2D eigenvalue weighted by atomic mass is 35.5. The normalized spacial score (nSPS) is 46.6. The number of halogens is 1. The maximum absolute atomic E-state index is 10.9. The number of ether oxygens (including phenoxy) is 2. The Hall–Kier alpha value is -0.970. The van der Waals surface area contributed by atoms with Crippen LogP contribution in [-0.2, 0) is 14.3 Å². The molecule has 2 saturated heterocycles. The molecule has 30 heavy (non-hydrogen) atoms. The number of aliphatic hydroxyl groups excluding tert-OH is 2. The highest BCUT2D eigenvalue weighted by Gasteiger charge is 2.54. The van der Waals surface area contributed by atoms with E-state index in [0.717, 1.165) is 25.7 Å². The van der Waals surface area contributed by atoms with Gasteiger partial charge in [0.2, 0.25) is 0 Å². The second kappa shape index (κ2) is 9.26. The Bertz CT molecular complexity index is 667. The lowest BCUT2D eigenvalue weighted by atomic mass is 9.77. The first-order chi connectivity index (χ1) is 14.5. The van der Waals surface area contributed by atoms with E-state index in [1.54, 1.807) is 13.4 Å². The van der Waals surface area contributed by atoms with E-state index in [4.69, 9.17) is 25.9 Å². The Labute approximate surface area is 182 Å². The number of alkyl halides is 1. The van der Waals surface area contributed by atoms with E-state index in [9.17, 15) is 10.2 Å². The van der Waals surface area contributed by atoms with Crippen LogP contribution >= 0.6 is 11.6 Å². The Balaban J connectivity index is 1.48. The quantitative estimate of drug-likeness (QED) is 0.423. The number of nitrogens with zero attached hydrogens (tertiary/aromatic N) is 3. The van der Waals surface area contributed by atoms with Crippen LogP contribution in [0.5, 0.6) is 0 Å². The predicted octanol–water partition coefficient (Wildman–Crippen LogP) is 0.731. The van der Waals surface area contributed by atoms with Crippen molar-refractivity contribution >= 4 is 23.8 Å². The number of aliphatic imine (C=N–C) groups is 1. The molecule has 0 bridgehead atoms. The van der Waals surface area contributed by atoms with Crippen molar-refractivity contribution in [2.75, 3.05) is 20.8 Å². The molecule has 0 aromatic carbocycles. The summed E-state index contributed by atoms with van der Waals surface area (Å²) < 4.78 is 12.1. The summed E-state index contributed by atoms with van der Waals surface area (Å²) in [7, 11) is 3.15. The van der Waals surface area contributed by atoms with E-state index < -0.39 is 24.5 Å². The van der Waals surface area contributed by atoms with Gasteiger partial charge in [-0.1, -0.05) is 12.1 Å². The zero-order chi connectivity index (χ0) is 21.4. The molecule has 1 aliphatic carbocycles. The first kappa shape index (κ1) is 22.2. The van der Waals surface area contributed by atoms with Gasteiger partial charge in [0.1, 0.15) is 31.6 Å². The van der Waals surface area contributed by atoms with Gasteiger partial charge in [0.05, 0.1) is 24.5 Å². The fourth-order valence-electron chi connectivity index (χ4n) is 5.57. The highest BCUT2D eigenvalue weighted by Crippen LogP contribution is 2.40. The molecule has 0 aromatic heterocycles. The molecule has 5 unspecified atom stereocenters. The van der Waals surface area contributed by atoms with Crippen LogP contribution in [0.1, 0.15) is 32.6 Å². The summed E-state index contributed by atoms with van der Waals surface area (Å²) in [5.74, 6) is 1.26. The number of fused-ring (bicyclic) bond motifs is 1. The van der Waals surface area contributed by atoms with Crippen LogP contribution in [0.15, 0.2) is 10.1 Å². The van der Waals surface area contributed by atoms with Crippen molar-refractivity contribution in [2.45, 2.75) is 74.8 Å². The zero-order valence-electron chi connectivity index (χ0n) is 17.7. The predicted molar refractivity (Wildman–Crippen MR) is 112 cm³/mol. The van der Waals surface area contributed by atoms with Crippen LogP contribution in [0.2, 0.25) is 0 Å². The summed E-state index contributed by atoms with van der Waals surface area (Å²) in [4.78, 5) is 11.2. The fourth-order valence-corrected chi connectivity index (χ4v) is 5.80. The largest absolute Gasteiger partial charge is 0.398 e. The summed E-state index contributed by atoms with van der Waals surface area (Å²) >= 11 is 6.40. The average molecular weight is 445 g/mol. The number of aliphatic hydroxyl groups is 2. The molecule has 3 N–H and O–H groups in total. The van der Waals surface area contributed by atoms with Gasteiger partial charge in [-0.25, -0.2) is 4.99 Å². The van der Waals surface area contributed by atoms with Crippen LogP contribution in [0.4, 0.5) is 0 Å². The van der Waals surface area contributed by atoms with E-state index in [1.165, 1.54) is 7.11 Å². The number of nitrogens with one attached hydrogen (secondary N) is 1. The monoisotopic (exact) mass is 444 g/mol. The number of hydrogen-bond acceptors (Lipinski definition) is 8. The molecule has 0 aromatic rings. The van der Waals surface area contributed by atoms with Gasteiger partial charge in [0, 0.05) is 19.0 Å². The third-order valence-corrected chi connectivity index (χ3v) is 7.81. The summed E-state index contributed by atoms with van der Waals surface area (Å²) in [6.45, 7) is 2.83. The van der Waals surface area contributed by atoms with E-state index in [-0.39, 0.29) is 29.5 Å². The van der Waals surface area contributed by atoms with E-state index in [2.05, 4.69) is 22.4 Å². The van der Waals surface area contributed by atoms with Crippen molar-refractivity contribution in [2.24, 2.45) is 27.9 Å². The Morgan fingerprint density at radius 3 is 2.80 bits per heavy atom. The first-order valence-electron chi connectivity index (χ1n) is 10.8. The number of rotatable bonds is 5. The molecule has 10 heteroatoms. The van der Waals surface area contributed by atoms with Crippen molar-refractivity contribution in [3.05, 3.63) is 0 Å². The van der Waals surface area contributed by atoms with Crippen LogP contribution in [0.25, 0.3) is 0 Å². The van der Waals surface area contributed by atoms with Crippen molar-refractivity contribution < 1.29 is 24.5 Å². The lowest BCUT2D eigenvalue weighted by Gasteiger charge is -2.38. The minimum absolute atomic E-state index is 0.0278. The summed E-state index contributed by atoms with van der Waals surface area (Å²) in [5, 5.41) is 29.2. The standard InChI is InChI=1S/C20H33ClN4O5/c1-10-8-11(4-5-13(10)21)16(28-2)17-14(26)15(27)20(30-17)25-7-6-12-18(24-29-3)22-9-23-19(12)25/h9-17,19-20,26-27H,4-8H2,1-3H3,(H,22,23,24)/t10?,11?,12?,13?,14-,15+,16+,17-,19?,20+/m0/s1. The molecule has 10 atom stereocenters. The van der Waals surface area contributed by atoms with Gasteiger partial charge >= 0.3 is 0 Å². The summed E-state index contributed by atoms with van der Waals surface area (Å²) in [6.07, 6.45) is 1.45. The van der Waals surface area contributed by atoms with E-state index in [1.807, 2.05) is 4.90 Å². The molecule has 3 heterocycles. The first-order valence-corrected chi connectivity index (χ1v) is 11.2. The van der Waals surface area contributed by atoms with E-state index >= 15 is 0 Å². The second-order valence-corrected chi connectivity index (χ2v) is 9.43. The number of methoxy groups -OCH3 is 1. The molecule has 170 valence electrons. The summed E-state index contributed by atoms with van der Waals surface area (Å²) in [5.41, 5.74) is 0. The van der Waals surface area contributed by atoms with Gasteiger partial charge < -0.3 is 29.8 Å². The Morgan fingerprint density at radius 2 is 2.10 bits per heavy atom. The van der Waals surface area contributed by atoms with Crippen LogP contribution in [-0.4, -0.2) is 90.2 Å². The molecule has 3 aliphatic heterocycles. The third-order valence-electron chi connectivity index (χ3n) is 7.16. The SMILES string of the molecule is CO/N=C1/N=CNC2C1CCN2[C@@H]1O[C@H]([C@H](OC)C2CCC(Cl)C(C)C2)[C@@H](O)[C@H]1O. The lowest BCUT2D eigenvalue weighted by Crippen LogP contribution is -2.55. The highest BCUT2D eigenvalue weighted by molar-refractivity contribution is 6.20. The minimum Gasteiger partial charge on any atom is -0.398 e. The summed E-state index contributed by atoms with van der Waals surface area (Å²) in [6, 6.07) is 0. The molecule has 0 radical (unpaired) electrons. The molecule has 4 aliphatic rings. The lowest BCUT2D eigenvalue weighted by molar-refractivity contribution is -0.142. The van der Waals surface area contributed by atoms with Crippen LogP contribution in [0, 0.1) is 17.8 Å². The number of hydrogen-bond donors (Lipinski definition) is 3. The van der Waals surface area contributed by atoms with E-state index in [0.29, 0.717) is 18.3 Å². The Morgan fingerprint density at radius 1 is 1.30 bits per heavy atom. The molecule has 4 rings (SSSR count). The topological polar surface area (TPSA) is 108 Å². The molecule has 1 saturated carbocycles. The Kier molecular flexibility index (Phi) is 6.86. The van der Waals surface area contributed by atoms with Crippen LogP contribution < -0.4 is 5.32 Å². The molecule has 0 spiro atoms. The van der Waals surface area contributed by atoms with Gasteiger partial charge in [0.25, 0.3) is 0 Å². The smallest absolute Gasteiger partial charge is 0.175 e. The van der Waals surface area contributed by atoms with Gasteiger partial charge in [-0.3, -0.25) is 4.90 Å². The van der Waals surface area contributed by atoms with Crippen LogP contribution in [0.3, 0.4) is 0 Å². The van der Waals surface area contributed by atoms with Gasteiger partial charge in [-0.05, 0) is 37.5 Å². The van der Waals surface area contributed by atoms with Crippen molar-refractivity contribution in [1.82, 2.24) is 10.2 Å². The fraction of sp³-hybridized carbons (Fsp3) is 0.900. The molecular weight excluding hydrogens is 412 g/mol. The zero-order valence-corrected chi connectivity index (χ0v) is 18.5. The average Bonchev–Trinajstić information content (AvgIpc) is 3.28. The maximum Gasteiger partial charge on any atom is 0.175 e. The van der Waals surface area contributed by atoms with Gasteiger partial charge in [-0.2, -0.15) is 0 Å². The van der Waals surface area contributed by atoms with Crippen molar-refractivity contribution in [3.8, 4) is 0 Å². The third kappa shape index (κ3) is 3.96. The molecule has 3 fully saturated rings. The number of oxime groups is 1. The van der Waals surface area contributed by atoms with Gasteiger partial charge in [0.15, 0.2) is 5.84 Å². The van der Waals surface area contributed by atoms with Gasteiger partial charge in [-0.15, -0.1) is 11.6 Å².